The van der Waals surface area contributed by atoms with Crippen LogP contribution in [0.1, 0.15) is 53.6 Å². The Bertz CT molecular complexity index is 866. The molecule has 0 N–H and O–H groups in total. The molecule has 2 atom stereocenters. The Labute approximate surface area is 167 Å². The van der Waals surface area contributed by atoms with Crippen molar-refractivity contribution in [3.8, 4) is 0 Å². The summed E-state index contributed by atoms with van der Waals surface area (Å²) in [5.41, 5.74) is -0.0679. The molecule has 29 heavy (non-hydrogen) atoms. The number of benzene rings is 2. The Morgan fingerprint density at radius 1 is 1.00 bits per heavy atom. The summed E-state index contributed by atoms with van der Waals surface area (Å²) in [6, 6.07) is 12.9. The molecule has 2 aromatic carbocycles. The van der Waals surface area contributed by atoms with E-state index in [0.29, 0.717) is 18.9 Å². The highest BCUT2D eigenvalue weighted by atomic mass is 19.4. The molecule has 0 aliphatic carbocycles. The van der Waals surface area contributed by atoms with Gasteiger partial charge in [-0.25, -0.2) is 4.39 Å². The molecule has 2 fully saturated rings. The summed E-state index contributed by atoms with van der Waals surface area (Å²) in [4.78, 5) is 15.4. The number of Topliss-reactive ketones (excluding diaryl/α,β-unsaturated/α-hetero) is 1. The highest BCUT2D eigenvalue weighted by Crippen LogP contribution is 2.40. The van der Waals surface area contributed by atoms with Crippen molar-refractivity contribution < 1.29 is 22.4 Å². The highest BCUT2D eigenvalue weighted by Gasteiger charge is 2.41. The second kappa shape index (κ2) is 7.90. The van der Waals surface area contributed by atoms with Gasteiger partial charge in [-0.05, 0) is 49.4 Å². The summed E-state index contributed by atoms with van der Waals surface area (Å²) >= 11 is 0. The van der Waals surface area contributed by atoms with Crippen LogP contribution in [0.5, 0.6) is 0 Å². The van der Waals surface area contributed by atoms with Gasteiger partial charge in [0, 0.05) is 24.5 Å². The van der Waals surface area contributed by atoms with Crippen molar-refractivity contribution in [1.82, 2.24) is 4.90 Å². The second-order valence-electron chi connectivity index (χ2n) is 8.12. The molecule has 0 radical (unpaired) electrons. The van der Waals surface area contributed by atoms with Crippen molar-refractivity contribution in [2.45, 2.75) is 56.9 Å². The summed E-state index contributed by atoms with van der Waals surface area (Å²) in [5.74, 6) is -1.79. The number of halogens is 4. The highest BCUT2D eigenvalue weighted by molar-refractivity contribution is 5.98. The van der Waals surface area contributed by atoms with Crippen molar-refractivity contribution in [3.05, 3.63) is 71.0 Å². The summed E-state index contributed by atoms with van der Waals surface area (Å²) in [5, 5.41) is 0. The van der Waals surface area contributed by atoms with Gasteiger partial charge in [0.2, 0.25) is 0 Å². The summed E-state index contributed by atoms with van der Waals surface area (Å²) < 4.78 is 52.6. The van der Waals surface area contributed by atoms with Gasteiger partial charge >= 0.3 is 6.18 Å². The minimum absolute atomic E-state index is 0.224. The van der Waals surface area contributed by atoms with E-state index in [4.69, 9.17) is 0 Å². The van der Waals surface area contributed by atoms with Crippen LogP contribution in [0.3, 0.4) is 0 Å². The van der Waals surface area contributed by atoms with Crippen LogP contribution in [-0.2, 0) is 12.7 Å². The second-order valence-corrected chi connectivity index (χ2v) is 8.12. The lowest BCUT2D eigenvalue weighted by molar-refractivity contribution is -0.137. The van der Waals surface area contributed by atoms with Gasteiger partial charge in [0.1, 0.15) is 5.82 Å². The number of piperidine rings is 2. The summed E-state index contributed by atoms with van der Waals surface area (Å²) in [6.07, 6.45) is -0.283. The Morgan fingerprint density at radius 2 is 1.66 bits per heavy atom. The first-order valence-electron chi connectivity index (χ1n) is 10.0. The lowest BCUT2D eigenvalue weighted by Gasteiger charge is -2.48. The first-order valence-corrected chi connectivity index (χ1v) is 10.0. The molecule has 2 unspecified atom stereocenters. The van der Waals surface area contributed by atoms with Gasteiger partial charge in [-0.15, -0.1) is 0 Å². The number of fused-ring (bicyclic) bond motifs is 2. The van der Waals surface area contributed by atoms with Crippen molar-refractivity contribution in [2.75, 3.05) is 0 Å². The average molecular weight is 405 g/mol. The predicted molar refractivity (Wildman–Crippen MR) is 102 cm³/mol. The monoisotopic (exact) mass is 405 g/mol. The molecule has 0 aromatic heterocycles. The van der Waals surface area contributed by atoms with Crippen LogP contribution < -0.4 is 0 Å². The van der Waals surface area contributed by atoms with E-state index in [-0.39, 0.29) is 29.3 Å². The molecule has 6 heteroatoms. The van der Waals surface area contributed by atoms with Crippen LogP contribution in [-0.4, -0.2) is 22.8 Å². The molecule has 154 valence electrons. The maximum Gasteiger partial charge on any atom is 0.416 e. The maximum absolute atomic E-state index is 14.3. The molecule has 0 saturated carbocycles. The van der Waals surface area contributed by atoms with Gasteiger partial charge in [-0.1, -0.05) is 36.8 Å². The smallest absolute Gasteiger partial charge is 0.294 e. The molecule has 2 aliphatic heterocycles. The van der Waals surface area contributed by atoms with E-state index in [1.54, 1.807) is 0 Å². The molecule has 2 nitrogen and oxygen atoms in total. The van der Waals surface area contributed by atoms with Gasteiger partial charge in [0.05, 0.1) is 11.1 Å². The predicted octanol–water partition coefficient (Wildman–Crippen LogP) is 5.86. The van der Waals surface area contributed by atoms with E-state index in [1.807, 2.05) is 18.2 Å². The third-order valence-electron chi connectivity index (χ3n) is 6.27. The number of carbonyl (C=O) groups is 1. The molecular formula is C23H23F4NO. The maximum atomic E-state index is 14.3. The number of rotatable bonds is 4. The molecule has 4 rings (SSSR count). The lowest BCUT2D eigenvalue weighted by Crippen LogP contribution is -2.52. The van der Waals surface area contributed by atoms with Crippen LogP contribution in [0.2, 0.25) is 0 Å². The largest absolute Gasteiger partial charge is 0.416 e. The van der Waals surface area contributed by atoms with E-state index in [1.165, 1.54) is 5.56 Å². The SMILES string of the molecule is O=C(c1ccc(C(F)(F)F)cc1F)C1CC2CCCC(C1)N2Cc1ccccc1. The molecule has 2 bridgehead atoms. The summed E-state index contributed by atoms with van der Waals surface area (Å²) in [6.45, 7) is 0.825. The average Bonchev–Trinajstić information content (AvgIpc) is 2.67. The number of hydrogen-bond donors (Lipinski definition) is 0. The van der Waals surface area contributed by atoms with Crippen LogP contribution >= 0.6 is 0 Å². The van der Waals surface area contributed by atoms with Crippen LogP contribution in [0.4, 0.5) is 17.6 Å². The Morgan fingerprint density at radius 3 is 2.24 bits per heavy atom. The van der Waals surface area contributed by atoms with E-state index in [2.05, 4.69) is 17.0 Å². The van der Waals surface area contributed by atoms with Crippen LogP contribution in [0.25, 0.3) is 0 Å². The van der Waals surface area contributed by atoms with Crippen molar-refractivity contribution in [2.24, 2.45) is 5.92 Å². The Kier molecular flexibility index (Phi) is 5.47. The van der Waals surface area contributed by atoms with E-state index in [0.717, 1.165) is 37.9 Å². The third kappa shape index (κ3) is 4.22. The van der Waals surface area contributed by atoms with Gasteiger partial charge in [0.15, 0.2) is 5.78 Å². The third-order valence-corrected chi connectivity index (χ3v) is 6.27. The van der Waals surface area contributed by atoms with Gasteiger partial charge in [-0.3, -0.25) is 9.69 Å². The number of hydrogen-bond acceptors (Lipinski definition) is 2. The Hall–Kier alpha value is -2.21. The van der Waals surface area contributed by atoms with Crippen molar-refractivity contribution in [1.29, 1.82) is 0 Å². The zero-order chi connectivity index (χ0) is 20.6. The van der Waals surface area contributed by atoms with Crippen LogP contribution in [0, 0.1) is 11.7 Å². The number of carbonyl (C=O) groups excluding carboxylic acids is 1. The van der Waals surface area contributed by atoms with E-state index >= 15 is 0 Å². The molecule has 2 heterocycles. The molecule has 2 aromatic rings. The van der Waals surface area contributed by atoms with Crippen molar-refractivity contribution >= 4 is 5.78 Å². The van der Waals surface area contributed by atoms with Gasteiger partial charge in [-0.2, -0.15) is 13.2 Å². The van der Waals surface area contributed by atoms with E-state index in [9.17, 15) is 22.4 Å². The number of alkyl halides is 3. The first kappa shape index (κ1) is 20.1. The normalized spacial score (nSPS) is 25.0. The molecule has 2 aliphatic rings. The number of ketones is 1. The zero-order valence-electron chi connectivity index (χ0n) is 16.0. The van der Waals surface area contributed by atoms with E-state index < -0.39 is 17.6 Å². The fourth-order valence-corrected chi connectivity index (χ4v) is 4.86. The van der Waals surface area contributed by atoms with Crippen molar-refractivity contribution in [3.63, 3.8) is 0 Å². The lowest BCUT2D eigenvalue weighted by atomic mass is 9.75. The fraction of sp³-hybridized carbons (Fsp3) is 0.435. The molecular weight excluding hydrogens is 382 g/mol. The zero-order valence-corrected chi connectivity index (χ0v) is 16.0. The fourth-order valence-electron chi connectivity index (χ4n) is 4.86. The van der Waals surface area contributed by atoms with Crippen LogP contribution in [0.15, 0.2) is 48.5 Å². The first-order chi connectivity index (χ1) is 13.8. The minimum Gasteiger partial charge on any atom is -0.294 e. The molecule has 0 spiro atoms. The minimum atomic E-state index is -4.62. The standard InChI is InChI=1S/C23H23F4NO/c24-21-13-17(23(25,26)27)9-10-20(21)22(29)16-11-18-7-4-8-19(12-16)28(18)14-15-5-2-1-3-6-15/h1-3,5-6,9-10,13,16,18-19H,4,7-8,11-12,14H2. The number of nitrogens with zero attached hydrogens (tertiary/aromatic N) is 1. The van der Waals surface area contributed by atoms with Gasteiger partial charge in [0.25, 0.3) is 0 Å². The summed E-state index contributed by atoms with van der Waals surface area (Å²) in [7, 11) is 0. The topological polar surface area (TPSA) is 20.3 Å². The molecule has 2 saturated heterocycles. The Balaban J connectivity index is 1.51. The quantitative estimate of drug-likeness (QED) is 0.469. The van der Waals surface area contributed by atoms with Gasteiger partial charge < -0.3 is 0 Å². The molecule has 0 amide bonds.